The van der Waals surface area contributed by atoms with E-state index in [9.17, 15) is 9.90 Å². The molecule has 0 spiro atoms. The molecule has 0 radical (unpaired) electrons. The van der Waals surface area contributed by atoms with Crippen molar-refractivity contribution in [3.8, 4) is 6.07 Å². The lowest BCUT2D eigenvalue weighted by Gasteiger charge is -2.25. The van der Waals surface area contributed by atoms with Gasteiger partial charge in [-0.15, -0.1) is 0 Å². The molecule has 2 saturated heterocycles. The smallest absolute Gasteiger partial charge is 0.308 e. The molecule has 3 unspecified atom stereocenters. The van der Waals surface area contributed by atoms with Crippen molar-refractivity contribution in [2.45, 2.75) is 31.3 Å². The molecule has 5 heteroatoms. The zero-order valence-corrected chi connectivity index (χ0v) is 9.78. The van der Waals surface area contributed by atoms with Crippen molar-refractivity contribution in [1.82, 2.24) is 4.98 Å². The van der Waals surface area contributed by atoms with Crippen molar-refractivity contribution in [1.29, 1.82) is 5.26 Å². The van der Waals surface area contributed by atoms with E-state index in [2.05, 4.69) is 9.88 Å². The lowest BCUT2D eigenvalue weighted by atomic mass is 9.89. The van der Waals surface area contributed by atoms with Crippen molar-refractivity contribution >= 4 is 11.7 Å². The molecule has 5 nitrogen and oxygen atoms in total. The van der Waals surface area contributed by atoms with Crippen LogP contribution < -0.4 is 4.90 Å². The third-order valence-electron chi connectivity index (χ3n) is 4.01. The van der Waals surface area contributed by atoms with Crippen molar-refractivity contribution in [3.05, 3.63) is 24.0 Å². The van der Waals surface area contributed by atoms with E-state index in [-0.39, 0.29) is 12.0 Å². The summed E-state index contributed by atoms with van der Waals surface area (Å²) in [6, 6.07) is 5.99. The molecule has 1 aromatic heterocycles. The summed E-state index contributed by atoms with van der Waals surface area (Å²) in [6.07, 6.45) is 4.29. The first-order chi connectivity index (χ1) is 8.70. The highest BCUT2D eigenvalue weighted by Crippen LogP contribution is 2.44. The summed E-state index contributed by atoms with van der Waals surface area (Å²) in [5.41, 5.74) is 1.31. The van der Waals surface area contributed by atoms with Crippen molar-refractivity contribution < 1.29 is 9.90 Å². The fourth-order valence-corrected chi connectivity index (χ4v) is 3.30. The molecular weight excluding hydrogens is 230 g/mol. The Labute approximate surface area is 105 Å². The maximum Gasteiger partial charge on any atom is 0.308 e. The molecule has 0 aromatic carbocycles. The molecule has 2 fully saturated rings. The van der Waals surface area contributed by atoms with Crippen LogP contribution in [0, 0.1) is 17.2 Å². The Morgan fingerprint density at radius 1 is 1.56 bits per heavy atom. The second-order valence-electron chi connectivity index (χ2n) is 4.90. The van der Waals surface area contributed by atoms with Crippen molar-refractivity contribution in [3.63, 3.8) is 0 Å². The Bertz CT molecular complexity index is 537. The predicted molar refractivity (Wildman–Crippen MR) is 64.0 cm³/mol. The molecule has 0 saturated carbocycles. The number of anilines is 1. The number of rotatable bonds is 2. The first kappa shape index (κ1) is 11.0. The highest BCUT2D eigenvalue weighted by molar-refractivity contribution is 5.74. The predicted octanol–water partition coefficient (Wildman–Crippen LogP) is 1.40. The molecule has 3 rings (SSSR count). The Morgan fingerprint density at radius 2 is 2.39 bits per heavy atom. The Morgan fingerprint density at radius 3 is 3.06 bits per heavy atom. The zero-order chi connectivity index (χ0) is 12.7. The lowest BCUT2D eigenvalue weighted by Crippen LogP contribution is -2.32. The summed E-state index contributed by atoms with van der Waals surface area (Å²) < 4.78 is 0. The number of aliphatic carboxylic acids is 1. The molecular formula is C13H13N3O2. The van der Waals surface area contributed by atoms with Crippen LogP contribution in [0.25, 0.3) is 0 Å². The van der Waals surface area contributed by atoms with Crippen LogP contribution in [0.5, 0.6) is 0 Å². The molecule has 2 bridgehead atoms. The van der Waals surface area contributed by atoms with Gasteiger partial charge in [0, 0.05) is 24.0 Å². The van der Waals surface area contributed by atoms with Crippen LogP contribution in [0.1, 0.15) is 25.0 Å². The van der Waals surface area contributed by atoms with Crippen LogP contribution in [-0.2, 0) is 4.79 Å². The minimum absolute atomic E-state index is 0.0708. The molecule has 0 amide bonds. The first-order valence-corrected chi connectivity index (χ1v) is 6.08. The van der Waals surface area contributed by atoms with Gasteiger partial charge in [0.1, 0.15) is 11.8 Å². The zero-order valence-electron chi connectivity index (χ0n) is 9.78. The van der Waals surface area contributed by atoms with E-state index in [0.717, 1.165) is 18.5 Å². The van der Waals surface area contributed by atoms with Crippen molar-refractivity contribution in [2.75, 3.05) is 4.90 Å². The molecule has 2 aliphatic heterocycles. The highest BCUT2D eigenvalue weighted by Gasteiger charge is 2.49. The summed E-state index contributed by atoms with van der Waals surface area (Å²) >= 11 is 0. The highest BCUT2D eigenvalue weighted by atomic mass is 16.4. The lowest BCUT2D eigenvalue weighted by molar-refractivity contribution is -0.142. The van der Waals surface area contributed by atoms with E-state index < -0.39 is 5.97 Å². The fraction of sp³-hybridized carbons (Fsp3) is 0.462. The van der Waals surface area contributed by atoms with Gasteiger partial charge in [-0.2, -0.15) is 5.26 Å². The number of aromatic nitrogens is 1. The molecule has 18 heavy (non-hydrogen) atoms. The van der Waals surface area contributed by atoms with Gasteiger partial charge in [-0.25, -0.2) is 4.98 Å². The van der Waals surface area contributed by atoms with Gasteiger partial charge < -0.3 is 10.0 Å². The van der Waals surface area contributed by atoms with Gasteiger partial charge >= 0.3 is 5.97 Å². The quantitative estimate of drug-likeness (QED) is 0.849. The van der Waals surface area contributed by atoms with Gasteiger partial charge in [-0.3, -0.25) is 4.79 Å². The Hall–Kier alpha value is -2.09. The molecule has 92 valence electrons. The Balaban J connectivity index is 1.94. The van der Waals surface area contributed by atoms with Gasteiger partial charge in [-0.05, 0) is 31.4 Å². The van der Waals surface area contributed by atoms with Gasteiger partial charge in [0.15, 0.2) is 0 Å². The van der Waals surface area contributed by atoms with E-state index in [1.54, 1.807) is 12.3 Å². The number of carboxylic acids is 1. The summed E-state index contributed by atoms with van der Waals surface area (Å²) in [5, 5.41) is 18.1. The summed E-state index contributed by atoms with van der Waals surface area (Å²) in [6.45, 7) is 0. The van der Waals surface area contributed by atoms with Crippen LogP contribution >= 0.6 is 0 Å². The normalized spacial score (nSPS) is 29.3. The Kier molecular flexibility index (Phi) is 2.44. The number of hydrogen-bond donors (Lipinski definition) is 1. The average Bonchev–Trinajstić information content (AvgIpc) is 2.96. The first-order valence-electron chi connectivity index (χ1n) is 6.08. The number of fused-ring (bicyclic) bond motifs is 2. The minimum Gasteiger partial charge on any atom is -0.481 e. The molecule has 1 N–H and O–H groups in total. The van der Waals surface area contributed by atoms with Crippen LogP contribution in [0.4, 0.5) is 5.69 Å². The number of nitrogens with zero attached hydrogens (tertiary/aromatic N) is 3. The molecule has 0 aliphatic carbocycles. The van der Waals surface area contributed by atoms with Gasteiger partial charge in [0.2, 0.25) is 0 Å². The molecule has 3 heterocycles. The van der Waals surface area contributed by atoms with Crippen LogP contribution in [0.2, 0.25) is 0 Å². The number of hydrogen-bond acceptors (Lipinski definition) is 4. The van der Waals surface area contributed by atoms with E-state index >= 15 is 0 Å². The molecule has 2 aliphatic rings. The van der Waals surface area contributed by atoms with Gasteiger partial charge in [0.25, 0.3) is 0 Å². The number of carboxylic acid groups (broad SMARTS) is 1. The van der Waals surface area contributed by atoms with E-state index in [1.165, 1.54) is 0 Å². The largest absolute Gasteiger partial charge is 0.481 e. The third-order valence-corrected chi connectivity index (χ3v) is 4.01. The maximum atomic E-state index is 11.2. The number of nitriles is 1. The van der Waals surface area contributed by atoms with Crippen LogP contribution in [0.15, 0.2) is 18.3 Å². The average molecular weight is 243 g/mol. The number of carbonyl (C=O) groups is 1. The fourth-order valence-electron chi connectivity index (χ4n) is 3.30. The van der Waals surface area contributed by atoms with Crippen LogP contribution in [-0.4, -0.2) is 28.1 Å². The summed E-state index contributed by atoms with van der Waals surface area (Å²) in [7, 11) is 0. The van der Waals surface area contributed by atoms with Gasteiger partial charge in [0.05, 0.1) is 5.92 Å². The standard InChI is InChI=1S/C13H13N3O2/c14-7-8-5-10(3-4-15-8)16-9-1-2-12(16)11(6-9)13(17)18/h3-5,9,11-12H,1-2,6H2,(H,17,18). The molecule has 1 aromatic rings. The molecule has 3 atom stereocenters. The van der Waals surface area contributed by atoms with E-state index in [4.69, 9.17) is 5.26 Å². The third kappa shape index (κ3) is 1.53. The number of pyridine rings is 1. The monoisotopic (exact) mass is 243 g/mol. The van der Waals surface area contributed by atoms with E-state index in [1.807, 2.05) is 12.1 Å². The summed E-state index contributed by atoms with van der Waals surface area (Å²) in [5.74, 6) is -0.982. The maximum absolute atomic E-state index is 11.2. The summed E-state index contributed by atoms with van der Waals surface area (Å²) in [4.78, 5) is 17.3. The topological polar surface area (TPSA) is 77.2 Å². The second kappa shape index (κ2) is 3.98. The minimum atomic E-state index is -0.707. The SMILES string of the molecule is N#Cc1cc(N2C3CCC2C(C(=O)O)C3)ccn1. The second-order valence-corrected chi connectivity index (χ2v) is 4.90. The van der Waals surface area contributed by atoms with E-state index in [0.29, 0.717) is 18.2 Å². The van der Waals surface area contributed by atoms with Crippen molar-refractivity contribution in [2.24, 2.45) is 5.92 Å². The van der Waals surface area contributed by atoms with Gasteiger partial charge in [-0.1, -0.05) is 0 Å². The van der Waals surface area contributed by atoms with Crippen LogP contribution in [0.3, 0.4) is 0 Å².